The number of carbonyl (C=O) groups excluding carboxylic acids is 1. The SMILES string of the molecule is COC(=O)N[C@H]1CCC[C@@H]1C(CN1CCC1)(c1cccc(F)c1)C1CCN(CC2CN(c3ccc(C#N)c(CN4CCOCC4)c3)C2)CC1. The summed E-state index contributed by atoms with van der Waals surface area (Å²) in [6.45, 7) is 12.5. The van der Waals surface area contributed by atoms with Crippen molar-refractivity contribution in [1.82, 2.24) is 20.0 Å². The van der Waals surface area contributed by atoms with Crippen LogP contribution in [-0.4, -0.2) is 113 Å². The summed E-state index contributed by atoms with van der Waals surface area (Å²) in [5.74, 6) is 1.07. The third kappa shape index (κ3) is 7.46. The fourth-order valence-electron chi connectivity index (χ4n) is 9.65. The molecule has 1 aliphatic carbocycles. The number of rotatable bonds is 11. The van der Waals surface area contributed by atoms with Gasteiger partial charge in [0.15, 0.2) is 0 Å². The van der Waals surface area contributed by atoms with E-state index in [0.717, 1.165) is 134 Å². The fraction of sp³-hybridized carbons (Fsp3) is 0.641. The number of methoxy groups -OCH3 is 1. The molecule has 0 spiro atoms. The lowest BCUT2D eigenvalue weighted by molar-refractivity contribution is 0.0223. The zero-order valence-corrected chi connectivity index (χ0v) is 29.1. The van der Waals surface area contributed by atoms with Crippen LogP contribution in [0.2, 0.25) is 0 Å². The first kappa shape index (κ1) is 34.2. The van der Waals surface area contributed by atoms with Gasteiger partial charge in [0.1, 0.15) is 5.82 Å². The second-order valence-corrected chi connectivity index (χ2v) is 15.1. The van der Waals surface area contributed by atoms with Gasteiger partial charge >= 0.3 is 6.09 Å². The second kappa shape index (κ2) is 15.3. The standard InChI is InChI=1S/C39H53FN6O3/c1-48-38(47)42-37-8-3-7-36(37)39(28-45-13-4-14-45,33-5-2-6-34(40)22-33)32-11-15-43(16-12-32)24-29-25-46(26-29)35-10-9-30(23-41)31(21-35)27-44-17-19-49-20-18-44/h2,5-6,9-10,21-22,29,32,36-37H,3-4,7-8,11-20,24-28H2,1H3,(H,42,47)/t36-,37-,39?/m0/s1. The Morgan fingerprint density at radius 1 is 0.980 bits per heavy atom. The van der Waals surface area contributed by atoms with Gasteiger partial charge in [-0.1, -0.05) is 18.6 Å². The lowest BCUT2D eigenvalue weighted by atomic mass is 9.57. The van der Waals surface area contributed by atoms with Gasteiger partial charge in [-0.05, 0) is 112 Å². The summed E-state index contributed by atoms with van der Waals surface area (Å²) in [5.41, 5.74) is 3.96. The van der Waals surface area contributed by atoms with E-state index in [1.807, 2.05) is 12.1 Å². The summed E-state index contributed by atoms with van der Waals surface area (Å²) >= 11 is 0. The Hall–Kier alpha value is -3.23. The number of halogens is 1. The maximum atomic E-state index is 15.0. The first-order valence-electron chi connectivity index (χ1n) is 18.6. The van der Waals surface area contributed by atoms with Crippen molar-refractivity contribution in [3.8, 4) is 6.07 Å². The number of anilines is 1. The Morgan fingerprint density at radius 3 is 2.47 bits per heavy atom. The number of likely N-dealkylation sites (tertiary alicyclic amines) is 2. The predicted octanol–water partition coefficient (Wildman–Crippen LogP) is 4.85. The van der Waals surface area contributed by atoms with Gasteiger partial charge in [-0.2, -0.15) is 5.26 Å². The molecule has 5 aliphatic rings. The van der Waals surface area contributed by atoms with E-state index in [9.17, 15) is 14.4 Å². The van der Waals surface area contributed by atoms with Crippen LogP contribution >= 0.6 is 0 Å². The van der Waals surface area contributed by atoms with E-state index in [2.05, 4.69) is 49.2 Å². The number of benzene rings is 2. The summed E-state index contributed by atoms with van der Waals surface area (Å²) in [4.78, 5) is 22.5. The molecule has 1 N–H and O–H groups in total. The van der Waals surface area contributed by atoms with Gasteiger partial charge < -0.3 is 29.5 Å². The zero-order valence-electron chi connectivity index (χ0n) is 29.1. The van der Waals surface area contributed by atoms with Gasteiger partial charge in [-0.25, -0.2) is 9.18 Å². The lowest BCUT2D eigenvalue weighted by Gasteiger charge is -2.54. The minimum atomic E-state index is -0.368. The predicted molar refractivity (Wildman–Crippen MR) is 188 cm³/mol. The third-order valence-corrected chi connectivity index (χ3v) is 12.3. The molecule has 2 aromatic carbocycles. The van der Waals surface area contributed by atoms with Crippen molar-refractivity contribution in [1.29, 1.82) is 5.26 Å². The van der Waals surface area contributed by atoms with Gasteiger partial charge in [0.05, 0.1) is 32.0 Å². The summed E-state index contributed by atoms with van der Waals surface area (Å²) < 4.78 is 25.6. The van der Waals surface area contributed by atoms with Crippen LogP contribution in [0.1, 0.15) is 55.2 Å². The number of nitriles is 1. The molecule has 49 heavy (non-hydrogen) atoms. The molecule has 264 valence electrons. The van der Waals surface area contributed by atoms with Crippen molar-refractivity contribution in [2.75, 3.05) is 90.7 Å². The van der Waals surface area contributed by atoms with Crippen LogP contribution in [0.15, 0.2) is 42.5 Å². The van der Waals surface area contributed by atoms with Crippen LogP contribution in [0, 0.1) is 34.9 Å². The summed E-state index contributed by atoms with van der Waals surface area (Å²) in [6.07, 6.45) is 6.00. The number of hydrogen-bond acceptors (Lipinski definition) is 8. The Kier molecular flexibility index (Phi) is 10.7. The highest BCUT2D eigenvalue weighted by atomic mass is 19.1. The number of ether oxygens (including phenoxy) is 2. The van der Waals surface area contributed by atoms with Gasteiger partial charge in [-0.15, -0.1) is 0 Å². The minimum absolute atomic E-state index is 0.0209. The van der Waals surface area contributed by atoms with Crippen LogP contribution < -0.4 is 10.2 Å². The molecule has 4 heterocycles. The Labute approximate surface area is 291 Å². The van der Waals surface area contributed by atoms with E-state index in [0.29, 0.717) is 11.8 Å². The molecule has 2 aromatic rings. The molecule has 0 bridgehead atoms. The highest BCUT2D eigenvalue weighted by molar-refractivity contribution is 5.67. The van der Waals surface area contributed by atoms with E-state index in [-0.39, 0.29) is 29.3 Å². The van der Waals surface area contributed by atoms with Crippen molar-refractivity contribution in [2.24, 2.45) is 17.8 Å². The van der Waals surface area contributed by atoms with Gasteiger partial charge in [0.2, 0.25) is 0 Å². The van der Waals surface area contributed by atoms with Crippen LogP contribution in [-0.2, 0) is 21.4 Å². The summed E-state index contributed by atoms with van der Waals surface area (Å²) in [6, 6.07) is 16.1. The summed E-state index contributed by atoms with van der Waals surface area (Å²) in [5, 5.41) is 12.9. The molecular formula is C39H53FN6O3. The zero-order chi connectivity index (χ0) is 33.8. The maximum Gasteiger partial charge on any atom is 0.407 e. The number of hydrogen-bond donors (Lipinski definition) is 1. The minimum Gasteiger partial charge on any atom is -0.453 e. The fourth-order valence-corrected chi connectivity index (χ4v) is 9.65. The first-order valence-corrected chi connectivity index (χ1v) is 18.6. The number of morpholine rings is 1. The topological polar surface area (TPSA) is 84.3 Å². The van der Waals surface area contributed by atoms with E-state index < -0.39 is 0 Å². The Bertz CT molecular complexity index is 1480. The molecule has 7 rings (SSSR count). The molecular weight excluding hydrogens is 619 g/mol. The largest absolute Gasteiger partial charge is 0.453 e. The maximum absolute atomic E-state index is 15.0. The third-order valence-electron chi connectivity index (χ3n) is 12.3. The van der Waals surface area contributed by atoms with Crippen molar-refractivity contribution in [3.05, 3.63) is 65.0 Å². The van der Waals surface area contributed by atoms with Crippen molar-refractivity contribution in [3.63, 3.8) is 0 Å². The monoisotopic (exact) mass is 672 g/mol. The normalized spacial score (nSPS) is 25.6. The number of nitrogens with zero attached hydrogens (tertiary/aromatic N) is 5. The average Bonchev–Trinajstić information content (AvgIpc) is 3.55. The number of carbonyl (C=O) groups is 1. The number of alkyl carbamates (subject to hydrolysis) is 1. The van der Waals surface area contributed by atoms with E-state index in [1.54, 1.807) is 12.1 Å². The smallest absolute Gasteiger partial charge is 0.407 e. The van der Waals surface area contributed by atoms with Crippen molar-refractivity contribution in [2.45, 2.75) is 56.5 Å². The molecule has 1 saturated carbocycles. The Balaban J connectivity index is 1.02. The molecule has 9 nitrogen and oxygen atoms in total. The molecule has 0 radical (unpaired) electrons. The summed E-state index contributed by atoms with van der Waals surface area (Å²) in [7, 11) is 1.44. The number of amides is 1. The average molecular weight is 673 g/mol. The molecule has 4 saturated heterocycles. The molecule has 5 fully saturated rings. The molecule has 1 amide bonds. The second-order valence-electron chi connectivity index (χ2n) is 15.1. The highest BCUT2D eigenvalue weighted by Crippen LogP contribution is 2.51. The molecule has 4 aliphatic heterocycles. The first-order chi connectivity index (χ1) is 23.9. The molecule has 3 atom stereocenters. The lowest BCUT2D eigenvalue weighted by Crippen LogP contribution is -2.60. The van der Waals surface area contributed by atoms with E-state index in [4.69, 9.17) is 9.47 Å². The van der Waals surface area contributed by atoms with Gasteiger partial charge in [0.25, 0.3) is 0 Å². The highest BCUT2D eigenvalue weighted by Gasteiger charge is 2.53. The van der Waals surface area contributed by atoms with Gasteiger partial charge in [0, 0.05) is 68.9 Å². The van der Waals surface area contributed by atoms with Crippen molar-refractivity contribution < 1.29 is 18.7 Å². The molecule has 0 aromatic heterocycles. The number of nitrogens with one attached hydrogen (secondary N) is 1. The Morgan fingerprint density at radius 2 is 1.78 bits per heavy atom. The van der Waals surface area contributed by atoms with Crippen molar-refractivity contribution >= 4 is 11.8 Å². The van der Waals surface area contributed by atoms with Crippen LogP contribution in [0.4, 0.5) is 14.9 Å². The van der Waals surface area contributed by atoms with Crippen LogP contribution in [0.3, 0.4) is 0 Å². The van der Waals surface area contributed by atoms with Crippen LogP contribution in [0.25, 0.3) is 0 Å². The number of piperidine rings is 1. The molecule has 1 unspecified atom stereocenters. The van der Waals surface area contributed by atoms with Crippen LogP contribution in [0.5, 0.6) is 0 Å². The quantitative estimate of drug-likeness (QED) is 0.363. The molecule has 10 heteroatoms. The van der Waals surface area contributed by atoms with E-state index >= 15 is 0 Å². The van der Waals surface area contributed by atoms with E-state index in [1.165, 1.54) is 19.2 Å². The van der Waals surface area contributed by atoms with Gasteiger partial charge in [-0.3, -0.25) is 4.90 Å².